The lowest BCUT2D eigenvalue weighted by atomic mass is 10.2. The van der Waals surface area contributed by atoms with Gasteiger partial charge >= 0.3 is 5.69 Å². The van der Waals surface area contributed by atoms with Crippen molar-refractivity contribution in [3.63, 3.8) is 0 Å². The summed E-state index contributed by atoms with van der Waals surface area (Å²) >= 11 is 11.8. The molecule has 0 aliphatic rings. The van der Waals surface area contributed by atoms with Crippen molar-refractivity contribution < 1.29 is 4.79 Å². The van der Waals surface area contributed by atoms with E-state index in [2.05, 4.69) is 15.4 Å². The number of fused-ring (bicyclic) bond motifs is 2. The molecule has 130 valence electrons. The molecule has 0 spiro atoms. The molecule has 0 aliphatic heterocycles. The normalized spacial score (nSPS) is 11.2. The topological polar surface area (TPSA) is 99.8 Å². The molecule has 9 heteroatoms. The number of carbonyl (C=O) groups excluding carboxylic acids is 1. The highest BCUT2D eigenvalue weighted by atomic mass is 35.5. The number of aromatic amines is 2. The van der Waals surface area contributed by atoms with Crippen LogP contribution in [0.15, 0.2) is 52.1 Å². The molecule has 2 heterocycles. The number of benzene rings is 2. The number of hydrogen-bond donors (Lipinski definition) is 3. The van der Waals surface area contributed by atoms with Gasteiger partial charge in [0.15, 0.2) is 0 Å². The third kappa shape index (κ3) is 2.77. The van der Waals surface area contributed by atoms with Gasteiger partial charge in [-0.25, -0.2) is 4.79 Å². The zero-order valence-corrected chi connectivity index (χ0v) is 14.5. The molecule has 2 aromatic carbocycles. The Morgan fingerprint density at radius 1 is 0.923 bits per heavy atom. The smallest absolute Gasteiger partial charge is 0.348 e. The van der Waals surface area contributed by atoms with Gasteiger partial charge in [0.1, 0.15) is 5.69 Å². The maximum absolute atomic E-state index is 12.5. The lowest BCUT2D eigenvalue weighted by Gasteiger charge is -2.07. The third-order valence-electron chi connectivity index (χ3n) is 3.90. The van der Waals surface area contributed by atoms with Crippen molar-refractivity contribution in [3.8, 4) is 0 Å². The predicted molar refractivity (Wildman–Crippen MR) is 101 cm³/mol. The van der Waals surface area contributed by atoms with E-state index in [1.165, 1.54) is 12.1 Å². The van der Waals surface area contributed by atoms with Gasteiger partial charge in [0.25, 0.3) is 11.5 Å². The van der Waals surface area contributed by atoms with Crippen LogP contribution in [-0.2, 0) is 0 Å². The average molecular weight is 389 g/mol. The van der Waals surface area contributed by atoms with Crippen LogP contribution < -0.4 is 16.7 Å². The first-order valence-corrected chi connectivity index (χ1v) is 8.22. The lowest BCUT2D eigenvalue weighted by Crippen LogP contribution is -2.43. The Morgan fingerprint density at radius 3 is 2.38 bits per heavy atom. The van der Waals surface area contributed by atoms with E-state index in [0.29, 0.717) is 25.8 Å². The minimum atomic E-state index is -0.766. The highest BCUT2D eigenvalue weighted by Crippen LogP contribution is 2.20. The monoisotopic (exact) mass is 388 g/mol. The summed E-state index contributed by atoms with van der Waals surface area (Å²) in [4.78, 5) is 42.6. The molecular formula is C17H10Cl2N4O3. The molecule has 4 aromatic rings. The molecule has 26 heavy (non-hydrogen) atoms. The Morgan fingerprint density at radius 2 is 1.62 bits per heavy atom. The van der Waals surface area contributed by atoms with E-state index in [1.807, 2.05) is 0 Å². The number of H-pyrrole nitrogens is 2. The van der Waals surface area contributed by atoms with Crippen molar-refractivity contribution in [2.45, 2.75) is 0 Å². The van der Waals surface area contributed by atoms with Gasteiger partial charge in [0, 0.05) is 20.9 Å². The summed E-state index contributed by atoms with van der Waals surface area (Å²) in [7, 11) is 0. The van der Waals surface area contributed by atoms with Crippen molar-refractivity contribution in [2.75, 3.05) is 5.43 Å². The predicted octanol–water partition coefficient (Wildman–Crippen LogP) is 2.86. The van der Waals surface area contributed by atoms with E-state index in [4.69, 9.17) is 23.2 Å². The van der Waals surface area contributed by atoms with Gasteiger partial charge in [-0.1, -0.05) is 23.2 Å². The Balaban J connectivity index is 1.77. The summed E-state index contributed by atoms with van der Waals surface area (Å²) in [5.41, 5.74) is 2.06. The fraction of sp³-hybridized carbons (Fsp3) is 0. The van der Waals surface area contributed by atoms with Gasteiger partial charge in [-0.2, -0.15) is 4.68 Å². The van der Waals surface area contributed by atoms with Gasteiger partial charge in [-0.15, -0.1) is 0 Å². The van der Waals surface area contributed by atoms with Crippen LogP contribution in [-0.4, -0.2) is 20.6 Å². The number of nitrogens with zero attached hydrogens (tertiary/aromatic N) is 1. The maximum Gasteiger partial charge on any atom is 0.348 e. The van der Waals surface area contributed by atoms with E-state index in [1.54, 1.807) is 30.3 Å². The minimum Gasteiger partial charge on any atom is -0.350 e. The second-order valence-corrected chi connectivity index (χ2v) is 6.49. The first-order valence-electron chi connectivity index (χ1n) is 7.46. The van der Waals surface area contributed by atoms with Crippen LogP contribution in [0.25, 0.3) is 21.8 Å². The Labute approximate surface area is 155 Å². The summed E-state index contributed by atoms with van der Waals surface area (Å²) in [5, 5.41) is 1.78. The number of nitrogens with one attached hydrogen (secondary N) is 3. The molecule has 0 fully saturated rings. The highest BCUT2D eigenvalue weighted by Gasteiger charge is 2.14. The molecule has 0 saturated heterocycles. The van der Waals surface area contributed by atoms with E-state index < -0.39 is 17.2 Å². The van der Waals surface area contributed by atoms with Gasteiger partial charge in [0.2, 0.25) is 0 Å². The number of halogens is 2. The third-order valence-corrected chi connectivity index (χ3v) is 4.37. The maximum atomic E-state index is 12.5. The molecule has 7 nitrogen and oxygen atoms in total. The van der Waals surface area contributed by atoms with Crippen molar-refractivity contribution in [1.82, 2.24) is 14.6 Å². The highest BCUT2D eigenvalue weighted by molar-refractivity contribution is 6.31. The summed E-state index contributed by atoms with van der Waals surface area (Å²) in [6.45, 7) is 0. The Hall–Kier alpha value is -3.03. The van der Waals surface area contributed by atoms with Crippen LogP contribution in [0.4, 0.5) is 0 Å². The first kappa shape index (κ1) is 16.4. The van der Waals surface area contributed by atoms with Crippen molar-refractivity contribution >= 4 is 50.9 Å². The molecule has 0 unspecified atom stereocenters. The quantitative estimate of drug-likeness (QED) is 0.492. The van der Waals surface area contributed by atoms with Crippen LogP contribution in [0.1, 0.15) is 10.5 Å². The first-order chi connectivity index (χ1) is 12.4. The van der Waals surface area contributed by atoms with E-state index in [-0.39, 0.29) is 11.1 Å². The van der Waals surface area contributed by atoms with Crippen LogP contribution in [0.2, 0.25) is 10.0 Å². The Bertz CT molecular complexity index is 1300. The van der Waals surface area contributed by atoms with Crippen LogP contribution >= 0.6 is 23.2 Å². The Kier molecular flexibility index (Phi) is 3.82. The second kappa shape index (κ2) is 6.05. The fourth-order valence-electron chi connectivity index (χ4n) is 2.68. The number of amides is 1. The van der Waals surface area contributed by atoms with Gasteiger partial charge in [-0.3, -0.25) is 15.0 Å². The van der Waals surface area contributed by atoms with E-state index in [9.17, 15) is 14.4 Å². The van der Waals surface area contributed by atoms with Crippen molar-refractivity contribution in [2.24, 2.45) is 0 Å². The summed E-state index contributed by atoms with van der Waals surface area (Å²) in [5.74, 6) is -0.647. The molecule has 0 bridgehead atoms. The molecule has 0 saturated carbocycles. The van der Waals surface area contributed by atoms with Gasteiger partial charge in [0.05, 0.1) is 10.9 Å². The van der Waals surface area contributed by atoms with Crippen LogP contribution in [0, 0.1) is 0 Å². The van der Waals surface area contributed by atoms with E-state index in [0.717, 1.165) is 5.39 Å². The number of hydrogen-bond acceptors (Lipinski definition) is 3. The van der Waals surface area contributed by atoms with Gasteiger partial charge in [-0.05, 0) is 42.5 Å². The number of carbonyl (C=O) groups is 1. The zero-order valence-electron chi connectivity index (χ0n) is 13.0. The fourth-order valence-corrected chi connectivity index (χ4v) is 3.03. The zero-order chi connectivity index (χ0) is 18.4. The standard InChI is InChI=1S/C17H10Cl2N4O3/c18-9-1-3-12-8(5-9)6-14(20-12)15(24)22-23-16(25)11-7-10(19)2-4-13(11)21-17(23)26/h1-7,20H,(H,21,26)(H,22,24). The molecular weight excluding hydrogens is 379 g/mol. The lowest BCUT2D eigenvalue weighted by molar-refractivity contribution is 0.100. The summed E-state index contributed by atoms with van der Waals surface area (Å²) < 4.78 is 0.611. The van der Waals surface area contributed by atoms with Crippen molar-refractivity contribution in [1.29, 1.82) is 0 Å². The van der Waals surface area contributed by atoms with Crippen LogP contribution in [0.5, 0.6) is 0 Å². The number of rotatable bonds is 2. The number of aromatic nitrogens is 3. The second-order valence-electron chi connectivity index (χ2n) is 5.62. The van der Waals surface area contributed by atoms with E-state index >= 15 is 0 Å². The molecule has 1 amide bonds. The largest absolute Gasteiger partial charge is 0.350 e. The SMILES string of the molecule is O=C(Nn1c(=O)[nH]c2ccc(Cl)cc2c1=O)c1cc2cc(Cl)ccc2[nH]1. The molecule has 2 aromatic heterocycles. The van der Waals surface area contributed by atoms with Gasteiger partial charge < -0.3 is 9.97 Å². The average Bonchev–Trinajstić information content (AvgIpc) is 3.02. The molecule has 0 atom stereocenters. The minimum absolute atomic E-state index is 0.180. The summed E-state index contributed by atoms with van der Waals surface area (Å²) in [6, 6.07) is 11.2. The molecule has 0 aliphatic carbocycles. The van der Waals surface area contributed by atoms with Crippen LogP contribution in [0.3, 0.4) is 0 Å². The summed E-state index contributed by atoms with van der Waals surface area (Å²) in [6.07, 6.45) is 0. The molecule has 4 rings (SSSR count). The molecule has 3 N–H and O–H groups in total. The molecule has 0 radical (unpaired) electrons. The van der Waals surface area contributed by atoms with Crippen molar-refractivity contribution in [3.05, 3.63) is 79.0 Å².